The van der Waals surface area contributed by atoms with E-state index in [0.29, 0.717) is 13.2 Å². The highest BCUT2D eigenvalue weighted by Crippen LogP contribution is 1.85. The second-order valence-corrected chi connectivity index (χ2v) is 2.12. The Labute approximate surface area is 72.1 Å². The summed E-state index contributed by atoms with van der Waals surface area (Å²) in [4.78, 5) is 15.6. The van der Waals surface area contributed by atoms with Gasteiger partial charge in [0, 0.05) is 14.2 Å². The molecule has 72 valence electrons. The Balaban J connectivity index is 3.31. The summed E-state index contributed by atoms with van der Waals surface area (Å²) in [6.07, 6.45) is 0. The summed E-state index contributed by atoms with van der Waals surface area (Å²) in [5.74, 6) is -0.214. The summed E-state index contributed by atoms with van der Waals surface area (Å²) in [5.41, 5.74) is 0. The summed E-state index contributed by atoms with van der Waals surface area (Å²) in [6, 6.07) is 0. The van der Waals surface area contributed by atoms with E-state index < -0.39 is 0 Å². The fourth-order valence-corrected chi connectivity index (χ4v) is 0.494. The third-order valence-electron chi connectivity index (χ3n) is 1.28. The standard InChI is InChI=1S/C7H15NO4/c1-8(11-3)7(9)6-12-5-4-10-2/h4-6H2,1-3H3. The van der Waals surface area contributed by atoms with Crippen molar-refractivity contribution in [3.05, 3.63) is 0 Å². The summed E-state index contributed by atoms with van der Waals surface area (Å²) >= 11 is 0. The van der Waals surface area contributed by atoms with Gasteiger partial charge in [0.2, 0.25) is 0 Å². The molecule has 0 aromatic rings. The van der Waals surface area contributed by atoms with Crippen LogP contribution in [0.2, 0.25) is 0 Å². The molecule has 5 heteroatoms. The van der Waals surface area contributed by atoms with Crippen molar-refractivity contribution in [3.8, 4) is 0 Å². The predicted molar refractivity (Wildman–Crippen MR) is 42.5 cm³/mol. The van der Waals surface area contributed by atoms with Crippen molar-refractivity contribution in [2.75, 3.05) is 41.1 Å². The highest BCUT2D eigenvalue weighted by Gasteiger charge is 2.06. The van der Waals surface area contributed by atoms with E-state index in [-0.39, 0.29) is 12.5 Å². The summed E-state index contributed by atoms with van der Waals surface area (Å²) in [7, 11) is 4.53. The summed E-state index contributed by atoms with van der Waals surface area (Å²) < 4.78 is 9.69. The molecular formula is C7H15NO4. The smallest absolute Gasteiger partial charge is 0.271 e. The summed E-state index contributed by atoms with van der Waals surface area (Å²) in [6.45, 7) is 0.928. The molecule has 0 aliphatic heterocycles. The maximum atomic E-state index is 11.0. The number of carbonyl (C=O) groups excluding carboxylic acids is 1. The van der Waals surface area contributed by atoms with Gasteiger partial charge in [-0.1, -0.05) is 0 Å². The van der Waals surface area contributed by atoms with E-state index in [4.69, 9.17) is 9.47 Å². The molecule has 0 unspecified atom stereocenters. The van der Waals surface area contributed by atoms with Gasteiger partial charge >= 0.3 is 0 Å². The van der Waals surface area contributed by atoms with Crippen molar-refractivity contribution in [2.45, 2.75) is 0 Å². The van der Waals surface area contributed by atoms with Crippen molar-refractivity contribution in [1.29, 1.82) is 0 Å². The van der Waals surface area contributed by atoms with Crippen LogP contribution in [0.4, 0.5) is 0 Å². The van der Waals surface area contributed by atoms with Gasteiger partial charge in [-0.3, -0.25) is 9.63 Å². The van der Waals surface area contributed by atoms with Gasteiger partial charge in [-0.15, -0.1) is 0 Å². The second-order valence-electron chi connectivity index (χ2n) is 2.12. The molecule has 0 aromatic heterocycles. The van der Waals surface area contributed by atoms with Crippen LogP contribution < -0.4 is 0 Å². The second kappa shape index (κ2) is 7.02. The zero-order valence-corrected chi connectivity index (χ0v) is 7.70. The van der Waals surface area contributed by atoms with Gasteiger partial charge < -0.3 is 9.47 Å². The summed E-state index contributed by atoms with van der Waals surface area (Å²) in [5, 5.41) is 1.12. The Morgan fingerprint density at radius 1 is 1.33 bits per heavy atom. The topological polar surface area (TPSA) is 48.0 Å². The van der Waals surface area contributed by atoms with Crippen molar-refractivity contribution >= 4 is 5.91 Å². The first kappa shape index (κ1) is 11.4. The van der Waals surface area contributed by atoms with Gasteiger partial charge in [0.15, 0.2) is 0 Å². The normalized spacial score (nSPS) is 9.92. The third kappa shape index (κ3) is 5.06. The first-order valence-corrected chi connectivity index (χ1v) is 3.59. The molecule has 0 saturated carbocycles. The zero-order valence-electron chi connectivity index (χ0n) is 7.70. The molecule has 0 radical (unpaired) electrons. The molecule has 0 fully saturated rings. The molecule has 12 heavy (non-hydrogen) atoms. The Bertz CT molecular complexity index is 129. The maximum absolute atomic E-state index is 11.0. The first-order valence-electron chi connectivity index (χ1n) is 3.59. The fraction of sp³-hybridized carbons (Fsp3) is 0.857. The van der Waals surface area contributed by atoms with Crippen LogP contribution in [0.15, 0.2) is 0 Å². The lowest BCUT2D eigenvalue weighted by Gasteiger charge is -2.13. The SMILES string of the molecule is COCCOCC(=O)N(C)OC. The lowest BCUT2D eigenvalue weighted by Crippen LogP contribution is -2.29. The molecule has 0 aromatic carbocycles. The van der Waals surface area contributed by atoms with E-state index in [1.807, 2.05) is 0 Å². The largest absolute Gasteiger partial charge is 0.382 e. The van der Waals surface area contributed by atoms with E-state index in [1.54, 1.807) is 7.11 Å². The molecule has 0 heterocycles. The maximum Gasteiger partial charge on any atom is 0.271 e. The molecule has 0 saturated heterocycles. The Morgan fingerprint density at radius 2 is 2.00 bits per heavy atom. The number of rotatable bonds is 6. The van der Waals surface area contributed by atoms with Gasteiger partial charge in [0.25, 0.3) is 5.91 Å². The monoisotopic (exact) mass is 177 g/mol. The molecule has 0 aliphatic rings. The highest BCUT2D eigenvalue weighted by atomic mass is 16.7. The van der Waals surface area contributed by atoms with Crippen molar-refractivity contribution in [2.24, 2.45) is 0 Å². The number of likely N-dealkylation sites (N-methyl/N-ethyl adjacent to an activating group) is 1. The van der Waals surface area contributed by atoms with Gasteiger partial charge in [-0.2, -0.15) is 0 Å². The molecule has 5 nitrogen and oxygen atoms in total. The van der Waals surface area contributed by atoms with Gasteiger partial charge in [-0.25, -0.2) is 5.06 Å². The molecule has 0 N–H and O–H groups in total. The van der Waals surface area contributed by atoms with E-state index >= 15 is 0 Å². The fourth-order valence-electron chi connectivity index (χ4n) is 0.494. The molecule has 0 rings (SSSR count). The van der Waals surface area contributed by atoms with Gasteiger partial charge in [0.05, 0.1) is 20.3 Å². The van der Waals surface area contributed by atoms with Crippen molar-refractivity contribution in [1.82, 2.24) is 5.06 Å². The van der Waals surface area contributed by atoms with Crippen molar-refractivity contribution in [3.63, 3.8) is 0 Å². The molecular weight excluding hydrogens is 162 g/mol. The number of amides is 1. The highest BCUT2D eigenvalue weighted by molar-refractivity contribution is 5.75. The van der Waals surface area contributed by atoms with E-state index in [0.717, 1.165) is 5.06 Å². The number of methoxy groups -OCH3 is 1. The quantitative estimate of drug-likeness (QED) is 0.411. The van der Waals surface area contributed by atoms with Crippen LogP contribution in [0.25, 0.3) is 0 Å². The third-order valence-corrected chi connectivity index (χ3v) is 1.28. The number of hydroxylamine groups is 2. The first-order chi connectivity index (χ1) is 5.72. The average molecular weight is 177 g/mol. The number of hydrogen-bond acceptors (Lipinski definition) is 4. The lowest BCUT2D eigenvalue weighted by atomic mass is 10.6. The van der Waals surface area contributed by atoms with Gasteiger partial charge in [0.1, 0.15) is 6.61 Å². The minimum atomic E-state index is -0.214. The number of nitrogens with zero attached hydrogens (tertiary/aromatic N) is 1. The molecule has 1 amide bonds. The molecule has 0 aliphatic carbocycles. The van der Waals surface area contributed by atoms with Crippen LogP contribution in [0.3, 0.4) is 0 Å². The van der Waals surface area contributed by atoms with Crippen LogP contribution in [0.5, 0.6) is 0 Å². The number of hydrogen-bond donors (Lipinski definition) is 0. The van der Waals surface area contributed by atoms with Gasteiger partial charge in [-0.05, 0) is 0 Å². The lowest BCUT2D eigenvalue weighted by molar-refractivity contribution is -0.173. The van der Waals surface area contributed by atoms with Crippen LogP contribution in [0, 0.1) is 0 Å². The zero-order chi connectivity index (χ0) is 9.40. The minimum absolute atomic E-state index is 0.0215. The van der Waals surface area contributed by atoms with E-state index in [2.05, 4.69) is 4.84 Å². The predicted octanol–water partition coefficient (Wildman–Crippen LogP) is -0.331. The molecule has 0 bridgehead atoms. The average Bonchev–Trinajstić information content (AvgIpc) is 2.10. The van der Waals surface area contributed by atoms with E-state index in [1.165, 1.54) is 14.2 Å². The minimum Gasteiger partial charge on any atom is -0.382 e. The molecule has 0 spiro atoms. The van der Waals surface area contributed by atoms with Crippen LogP contribution in [-0.2, 0) is 19.1 Å². The Hall–Kier alpha value is -0.650. The Kier molecular flexibility index (Phi) is 6.64. The van der Waals surface area contributed by atoms with Crippen LogP contribution in [-0.4, -0.2) is 52.1 Å². The van der Waals surface area contributed by atoms with Crippen LogP contribution >= 0.6 is 0 Å². The Morgan fingerprint density at radius 3 is 2.50 bits per heavy atom. The molecule has 0 atom stereocenters. The number of carbonyl (C=O) groups is 1. The number of ether oxygens (including phenoxy) is 2. The van der Waals surface area contributed by atoms with Crippen molar-refractivity contribution < 1.29 is 19.1 Å². The van der Waals surface area contributed by atoms with E-state index in [9.17, 15) is 4.79 Å². The van der Waals surface area contributed by atoms with Crippen LogP contribution in [0.1, 0.15) is 0 Å².